The Morgan fingerprint density at radius 1 is 1.43 bits per heavy atom. The summed E-state index contributed by atoms with van der Waals surface area (Å²) in [5, 5.41) is 0. The van der Waals surface area contributed by atoms with Gasteiger partial charge in [0.2, 0.25) is 0 Å². The van der Waals surface area contributed by atoms with Gasteiger partial charge in [0.25, 0.3) is 0 Å². The molecule has 2 nitrogen and oxygen atoms in total. The average Bonchev–Trinajstić information content (AvgIpc) is 2.42. The van der Waals surface area contributed by atoms with Crippen LogP contribution >= 0.6 is 0 Å². The Morgan fingerprint density at radius 2 is 2.21 bits per heavy atom. The van der Waals surface area contributed by atoms with E-state index < -0.39 is 5.67 Å². The highest BCUT2D eigenvalue weighted by Crippen LogP contribution is 2.16. The molecule has 0 aliphatic rings. The molecule has 0 saturated carbocycles. The molecular formula is C11H13FN2. The lowest BCUT2D eigenvalue weighted by molar-refractivity contribution is 0.215. The fourth-order valence-corrected chi connectivity index (χ4v) is 1.50. The van der Waals surface area contributed by atoms with Crippen LogP contribution in [0.1, 0.15) is 19.5 Å². The summed E-state index contributed by atoms with van der Waals surface area (Å²) in [4.78, 5) is 4.32. The van der Waals surface area contributed by atoms with Crippen LogP contribution in [0.15, 0.2) is 30.6 Å². The van der Waals surface area contributed by atoms with E-state index in [0.29, 0.717) is 6.42 Å². The van der Waals surface area contributed by atoms with Crippen LogP contribution in [0.2, 0.25) is 0 Å². The van der Waals surface area contributed by atoms with E-state index in [1.807, 2.05) is 35.0 Å². The van der Waals surface area contributed by atoms with Gasteiger partial charge in [-0.15, -0.1) is 0 Å². The largest absolute Gasteiger partial charge is 0.307 e. The van der Waals surface area contributed by atoms with Gasteiger partial charge in [0, 0.05) is 18.8 Å². The Morgan fingerprint density at radius 3 is 2.86 bits per heavy atom. The first-order valence-corrected chi connectivity index (χ1v) is 4.66. The van der Waals surface area contributed by atoms with Crippen molar-refractivity contribution < 1.29 is 4.39 Å². The van der Waals surface area contributed by atoms with E-state index in [1.54, 1.807) is 13.8 Å². The number of fused-ring (bicyclic) bond motifs is 1. The molecule has 0 aliphatic heterocycles. The quantitative estimate of drug-likeness (QED) is 0.715. The van der Waals surface area contributed by atoms with E-state index in [2.05, 4.69) is 4.98 Å². The number of alkyl halides is 1. The van der Waals surface area contributed by atoms with Crippen molar-refractivity contribution >= 4 is 5.65 Å². The predicted octanol–water partition coefficient (Wildman–Crippen LogP) is 2.62. The Balaban J connectivity index is 2.36. The average molecular weight is 192 g/mol. The van der Waals surface area contributed by atoms with Crippen LogP contribution in [-0.4, -0.2) is 15.1 Å². The molecule has 0 amide bonds. The lowest BCUT2D eigenvalue weighted by Gasteiger charge is -2.10. The molecule has 0 N–H and O–H groups in total. The molecule has 2 rings (SSSR count). The molecule has 2 heterocycles. The Kier molecular flexibility index (Phi) is 2.02. The monoisotopic (exact) mass is 192 g/mol. The summed E-state index contributed by atoms with van der Waals surface area (Å²) in [5.41, 5.74) is 0.466. The lowest BCUT2D eigenvalue weighted by Crippen LogP contribution is -2.15. The van der Waals surface area contributed by atoms with Crippen molar-refractivity contribution in [2.45, 2.75) is 25.9 Å². The zero-order valence-electron chi connectivity index (χ0n) is 8.37. The summed E-state index contributed by atoms with van der Waals surface area (Å²) < 4.78 is 15.3. The van der Waals surface area contributed by atoms with Crippen LogP contribution in [-0.2, 0) is 6.42 Å². The van der Waals surface area contributed by atoms with Gasteiger partial charge >= 0.3 is 0 Å². The second-order valence-corrected chi connectivity index (χ2v) is 4.09. The number of imidazole rings is 1. The molecule has 74 valence electrons. The van der Waals surface area contributed by atoms with Crippen LogP contribution in [0.25, 0.3) is 5.65 Å². The minimum absolute atomic E-state index is 0.356. The molecule has 0 saturated heterocycles. The zero-order valence-corrected chi connectivity index (χ0v) is 8.37. The van der Waals surface area contributed by atoms with Crippen molar-refractivity contribution in [2.75, 3.05) is 0 Å². The number of pyridine rings is 1. The molecule has 0 radical (unpaired) electrons. The maximum absolute atomic E-state index is 13.4. The van der Waals surface area contributed by atoms with Crippen molar-refractivity contribution in [3.8, 4) is 0 Å². The third-order valence-electron chi connectivity index (χ3n) is 2.02. The first-order chi connectivity index (χ1) is 6.54. The first-order valence-electron chi connectivity index (χ1n) is 4.66. The SMILES string of the molecule is CC(C)(F)Cc1cn2ccccc2n1. The van der Waals surface area contributed by atoms with Crippen LogP contribution in [0, 0.1) is 0 Å². The molecule has 0 atom stereocenters. The molecule has 0 unspecified atom stereocenters. The van der Waals surface area contributed by atoms with E-state index in [-0.39, 0.29) is 0 Å². The number of hydrogen-bond donors (Lipinski definition) is 0. The van der Waals surface area contributed by atoms with Crippen LogP contribution < -0.4 is 0 Å². The normalized spacial score (nSPS) is 12.2. The van der Waals surface area contributed by atoms with Crippen molar-refractivity contribution in [1.82, 2.24) is 9.38 Å². The third kappa shape index (κ3) is 1.92. The minimum atomic E-state index is -1.20. The molecule has 3 heteroatoms. The van der Waals surface area contributed by atoms with Crippen LogP contribution in [0.3, 0.4) is 0 Å². The van der Waals surface area contributed by atoms with Gasteiger partial charge in [0.1, 0.15) is 11.3 Å². The number of halogens is 1. The molecular weight excluding hydrogens is 179 g/mol. The van der Waals surface area contributed by atoms with Crippen LogP contribution in [0.4, 0.5) is 4.39 Å². The Labute approximate surface area is 82.4 Å². The molecule has 0 bridgehead atoms. The second kappa shape index (κ2) is 3.08. The minimum Gasteiger partial charge on any atom is -0.307 e. The lowest BCUT2D eigenvalue weighted by atomic mass is 10.1. The molecule has 2 aromatic heterocycles. The molecule has 14 heavy (non-hydrogen) atoms. The van der Waals surface area contributed by atoms with E-state index in [4.69, 9.17) is 0 Å². The van der Waals surface area contributed by atoms with Gasteiger partial charge in [-0.2, -0.15) is 0 Å². The summed E-state index contributed by atoms with van der Waals surface area (Å²) in [6.45, 7) is 3.13. The van der Waals surface area contributed by atoms with Crippen molar-refractivity contribution in [2.24, 2.45) is 0 Å². The van der Waals surface area contributed by atoms with Gasteiger partial charge < -0.3 is 4.40 Å². The van der Waals surface area contributed by atoms with E-state index in [9.17, 15) is 4.39 Å². The second-order valence-electron chi connectivity index (χ2n) is 4.09. The zero-order chi connectivity index (χ0) is 10.2. The fourth-order valence-electron chi connectivity index (χ4n) is 1.50. The number of hydrogen-bond acceptors (Lipinski definition) is 1. The van der Waals surface area contributed by atoms with Crippen molar-refractivity contribution in [3.63, 3.8) is 0 Å². The molecule has 0 aliphatic carbocycles. The maximum Gasteiger partial charge on any atom is 0.136 e. The fraction of sp³-hybridized carbons (Fsp3) is 0.364. The van der Waals surface area contributed by atoms with E-state index in [1.165, 1.54) is 0 Å². The summed E-state index contributed by atoms with van der Waals surface area (Å²) in [5.74, 6) is 0. The number of nitrogens with zero attached hydrogens (tertiary/aromatic N) is 2. The topological polar surface area (TPSA) is 17.3 Å². The van der Waals surface area contributed by atoms with Gasteiger partial charge in [-0.25, -0.2) is 9.37 Å². The van der Waals surface area contributed by atoms with Gasteiger partial charge in [-0.3, -0.25) is 0 Å². The van der Waals surface area contributed by atoms with Crippen molar-refractivity contribution in [3.05, 3.63) is 36.3 Å². The van der Waals surface area contributed by atoms with Gasteiger partial charge in [-0.1, -0.05) is 6.07 Å². The van der Waals surface area contributed by atoms with Crippen LogP contribution in [0.5, 0.6) is 0 Å². The van der Waals surface area contributed by atoms with Gasteiger partial charge in [-0.05, 0) is 26.0 Å². The summed E-state index contributed by atoms with van der Waals surface area (Å²) in [6.07, 6.45) is 4.14. The highest BCUT2D eigenvalue weighted by molar-refractivity contribution is 5.39. The summed E-state index contributed by atoms with van der Waals surface area (Å²) in [6, 6.07) is 5.76. The van der Waals surface area contributed by atoms with E-state index >= 15 is 0 Å². The highest BCUT2D eigenvalue weighted by Gasteiger charge is 2.17. The van der Waals surface area contributed by atoms with Crippen molar-refractivity contribution in [1.29, 1.82) is 0 Å². The summed E-state index contributed by atoms with van der Waals surface area (Å²) >= 11 is 0. The molecule has 0 fully saturated rings. The Hall–Kier alpha value is -1.38. The molecule has 2 aromatic rings. The summed E-state index contributed by atoms with van der Waals surface area (Å²) in [7, 11) is 0. The number of rotatable bonds is 2. The smallest absolute Gasteiger partial charge is 0.136 e. The first kappa shape index (κ1) is 9.19. The van der Waals surface area contributed by atoms with E-state index in [0.717, 1.165) is 11.3 Å². The number of aromatic nitrogens is 2. The molecule has 0 aromatic carbocycles. The standard InChI is InChI=1S/C11H13FN2/c1-11(2,12)7-9-8-14-6-4-3-5-10(14)13-9/h3-6,8H,7H2,1-2H3. The van der Waals surface area contributed by atoms with Gasteiger partial charge in [0.05, 0.1) is 5.69 Å². The highest BCUT2D eigenvalue weighted by atomic mass is 19.1. The maximum atomic E-state index is 13.4. The Bertz CT molecular complexity index is 407. The molecule has 0 spiro atoms. The third-order valence-corrected chi connectivity index (χ3v) is 2.02. The van der Waals surface area contributed by atoms with Gasteiger partial charge in [0.15, 0.2) is 0 Å². The predicted molar refractivity (Wildman–Crippen MR) is 54.1 cm³/mol.